The highest BCUT2D eigenvalue weighted by molar-refractivity contribution is 7.80. The summed E-state index contributed by atoms with van der Waals surface area (Å²) in [5.74, 6) is -0.417. The zero-order valence-electron chi connectivity index (χ0n) is 18.4. The smallest absolute Gasteiger partial charge is 0.306 e. The molecule has 1 heterocycles. The number of amides is 2. The van der Waals surface area contributed by atoms with E-state index < -0.39 is 11.9 Å². The Kier molecular flexibility index (Phi) is 9.36. The molecule has 2 amide bonds. The van der Waals surface area contributed by atoms with Gasteiger partial charge in [0.15, 0.2) is 5.11 Å². The molecule has 0 bridgehead atoms. The highest BCUT2D eigenvalue weighted by atomic mass is 32.1. The number of benzene rings is 2. The fourth-order valence-electron chi connectivity index (χ4n) is 2.95. The molecule has 0 saturated carbocycles. The summed E-state index contributed by atoms with van der Waals surface area (Å²) in [6, 6.07) is 19.8. The van der Waals surface area contributed by atoms with Crippen LogP contribution in [0.4, 0.5) is 5.69 Å². The number of thiocarbonyl (C=S) groups is 1. The third-order valence-electron chi connectivity index (χ3n) is 4.71. The first kappa shape index (κ1) is 24.7. The molecule has 3 aromatic rings. The van der Waals surface area contributed by atoms with E-state index in [9.17, 15) is 14.4 Å². The lowest BCUT2D eigenvalue weighted by Crippen LogP contribution is -2.34. The Morgan fingerprint density at radius 1 is 0.912 bits per heavy atom. The Bertz CT molecular complexity index is 1100. The average molecular weight is 480 g/mol. The van der Waals surface area contributed by atoms with Gasteiger partial charge in [-0.05, 0) is 54.2 Å². The summed E-state index contributed by atoms with van der Waals surface area (Å²) in [7, 11) is 0. The molecule has 3 rings (SSSR count). The van der Waals surface area contributed by atoms with Gasteiger partial charge in [-0.3, -0.25) is 14.4 Å². The van der Waals surface area contributed by atoms with Crippen LogP contribution < -0.4 is 16.0 Å². The minimum atomic E-state index is -0.439. The van der Waals surface area contributed by atoms with Crippen molar-refractivity contribution in [3.05, 3.63) is 89.9 Å². The monoisotopic (exact) mass is 479 g/mol. The van der Waals surface area contributed by atoms with E-state index in [-0.39, 0.29) is 30.5 Å². The van der Waals surface area contributed by atoms with Crippen molar-refractivity contribution in [2.24, 2.45) is 0 Å². The summed E-state index contributed by atoms with van der Waals surface area (Å²) >= 11 is 5.14. The zero-order valence-corrected chi connectivity index (χ0v) is 19.2. The number of esters is 1. The van der Waals surface area contributed by atoms with Crippen molar-refractivity contribution in [1.82, 2.24) is 10.6 Å². The predicted octanol–water partition coefficient (Wildman–Crippen LogP) is 3.59. The molecule has 34 heavy (non-hydrogen) atoms. The summed E-state index contributed by atoms with van der Waals surface area (Å²) in [6.45, 7) is 0.559. The Labute approximate surface area is 202 Å². The van der Waals surface area contributed by atoms with E-state index in [2.05, 4.69) is 16.0 Å². The summed E-state index contributed by atoms with van der Waals surface area (Å²) in [5.41, 5.74) is 2.15. The van der Waals surface area contributed by atoms with Crippen LogP contribution in [0.15, 0.2) is 77.4 Å². The molecule has 0 atom stereocenters. The van der Waals surface area contributed by atoms with Crippen molar-refractivity contribution in [3.8, 4) is 0 Å². The summed E-state index contributed by atoms with van der Waals surface area (Å²) < 4.78 is 10.3. The largest absolute Gasteiger partial charge is 0.467 e. The summed E-state index contributed by atoms with van der Waals surface area (Å²) in [5, 5.41) is 8.25. The maximum atomic E-state index is 12.2. The topological polar surface area (TPSA) is 110 Å². The van der Waals surface area contributed by atoms with Gasteiger partial charge in [0.2, 0.25) is 5.91 Å². The minimum Gasteiger partial charge on any atom is -0.467 e. The second kappa shape index (κ2) is 12.9. The highest BCUT2D eigenvalue weighted by Gasteiger charge is 2.11. The molecule has 0 aliphatic heterocycles. The van der Waals surface area contributed by atoms with Crippen molar-refractivity contribution >= 4 is 40.8 Å². The van der Waals surface area contributed by atoms with Crippen LogP contribution in [0.2, 0.25) is 0 Å². The molecule has 176 valence electrons. The number of carbonyl (C=O) groups excluding carboxylic acids is 3. The molecule has 3 N–H and O–H groups in total. The number of furan rings is 1. The number of nitrogens with one attached hydrogen (secondary N) is 3. The first-order valence-electron chi connectivity index (χ1n) is 10.7. The molecular weight excluding hydrogens is 454 g/mol. The maximum absolute atomic E-state index is 12.2. The first-order valence-corrected chi connectivity index (χ1v) is 11.1. The third kappa shape index (κ3) is 8.51. The molecule has 0 fully saturated rings. The van der Waals surface area contributed by atoms with Gasteiger partial charge >= 0.3 is 5.97 Å². The van der Waals surface area contributed by atoms with Crippen LogP contribution in [0.5, 0.6) is 0 Å². The van der Waals surface area contributed by atoms with Gasteiger partial charge in [-0.15, -0.1) is 0 Å². The van der Waals surface area contributed by atoms with Gasteiger partial charge in [-0.25, -0.2) is 0 Å². The summed E-state index contributed by atoms with van der Waals surface area (Å²) in [6.07, 6.45) is 2.09. The van der Waals surface area contributed by atoms with Gasteiger partial charge in [0.05, 0.1) is 25.8 Å². The Hall–Kier alpha value is -3.98. The average Bonchev–Trinajstić information content (AvgIpc) is 3.36. The van der Waals surface area contributed by atoms with Crippen LogP contribution in [-0.2, 0) is 27.3 Å². The Morgan fingerprint density at radius 3 is 2.38 bits per heavy atom. The van der Waals surface area contributed by atoms with Crippen LogP contribution in [0.3, 0.4) is 0 Å². The van der Waals surface area contributed by atoms with E-state index in [4.69, 9.17) is 21.4 Å². The maximum Gasteiger partial charge on any atom is 0.306 e. The second-order valence-corrected chi connectivity index (χ2v) is 7.71. The molecule has 8 nitrogen and oxygen atoms in total. The molecule has 0 spiro atoms. The van der Waals surface area contributed by atoms with E-state index in [0.29, 0.717) is 30.0 Å². The third-order valence-corrected chi connectivity index (χ3v) is 4.92. The van der Waals surface area contributed by atoms with Gasteiger partial charge in [-0.1, -0.05) is 30.3 Å². The van der Waals surface area contributed by atoms with E-state index in [1.54, 1.807) is 42.7 Å². The van der Waals surface area contributed by atoms with Crippen molar-refractivity contribution in [1.29, 1.82) is 0 Å². The van der Waals surface area contributed by atoms with E-state index in [1.165, 1.54) is 0 Å². The van der Waals surface area contributed by atoms with Gasteiger partial charge < -0.3 is 25.1 Å². The molecule has 0 aliphatic carbocycles. The van der Waals surface area contributed by atoms with Crippen LogP contribution in [0.1, 0.15) is 34.5 Å². The van der Waals surface area contributed by atoms with E-state index in [1.807, 2.05) is 30.3 Å². The Morgan fingerprint density at radius 2 is 1.68 bits per heavy atom. The van der Waals surface area contributed by atoms with E-state index >= 15 is 0 Å². The lowest BCUT2D eigenvalue weighted by molar-refractivity contribution is -0.144. The fourth-order valence-corrected chi connectivity index (χ4v) is 3.19. The summed E-state index contributed by atoms with van der Waals surface area (Å²) in [4.78, 5) is 36.1. The number of ether oxygens (including phenoxy) is 1. The van der Waals surface area contributed by atoms with Crippen molar-refractivity contribution < 1.29 is 23.5 Å². The van der Waals surface area contributed by atoms with Gasteiger partial charge in [-0.2, -0.15) is 0 Å². The van der Waals surface area contributed by atoms with Crippen LogP contribution >= 0.6 is 12.2 Å². The number of hydrogen-bond acceptors (Lipinski definition) is 6. The van der Waals surface area contributed by atoms with Gasteiger partial charge in [0.1, 0.15) is 5.76 Å². The van der Waals surface area contributed by atoms with E-state index in [0.717, 1.165) is 5.56 Å². The molecule has 0 aliphatic rings. The quantitative estimate of drug-likeness (QED) is 0.301. The number of anilines is 1. The molecule has 1 aromatic heterocycles. The van der Waals surface area contributed by atoms with Crippen molar-refractivity contribution in [3.63, 3.8) is 0 Å². The van der Waals surface area contributed by atoms with Crippen LogP contribution in [0.25, 0.3) is 0 Å². The molecule has 0 unspecified atom stereocenters. The lowest BCUT2D eigenvalue weighted by atomic mass is 10.2. The van der Waals surface area contributed by atoms with Crippen LogP contribution in [-0.4, -0.2) is 29.5 Å². The molecule has 0 saturated heterocycles. The fraction of sp³-hybridized carbons (Fsp3) is 0.200. The standard InChI is InChI=1S/C25H25N3O5S/c29-22(12-13-23(30)33-16-14-18-5-2-1-3-6-18)28-25(34)27-20-10-8-19(9-11-20)24(31)26-17-21-7-4-15-32-21/h1-11,15H,12-14,16-17H2,(H,26,31)(H2,27,28,29,34). The normalized spacial score (nSPS) is 10.2. The van der Waals surface area contributed by atoms with Crippen molar-refractivity contribution in [2.75, 3.05) is 11.9 Å². The van der Waals surface area contributed by atoms with Crippen LogP contribution in [0, 0.1) is 0 Å². The number of carbonyl (C=O) groups is 3. The molecule has 2 aromatic carbocycles. The minimum absolute atomic E-state index is 0.0367. The van der Waals surface area contributed by atoms with Gasteiger partial charge in [0.25, 0.3) is 5.91 Å². The van der Waals surface area contributed by atoms with Gasteiger partial charge in [0, 0.05) is 24.1 Å². The first-order chi connectivity index (χ1) is 16.5. The second-order valence-electron chi connectivity index (χ2n) is 7.30. The molecular formula is C25H25N3O5S. The zero-order chi connectivity index (χ0) is 24.2. The Balaban J connectivity index is 1.32. The van der Waals surface area contributed by atoms with Crippen molar-refractivity contribution in [2.45, 2.75) is 25.8 Å². The predicted molar refractivity (Wildman–Crippen MR) is 131 cm³/mol. The number of rotatable bonds is 10. The molecule has 0 radical (unpaired) electrons. The lowest BCUT2D eigenvalue weighted by Gasteiger charge is -2.10. The molecule has 9 heteroatoms. The highest BCUT2D eigenvalue weighted by Crippen LogP contribution is 2.10. The SMILES string of the molecule is O=C(CCC(=O)OCCc1ccccc1)NC(=S)Nc1ccc(C(=O)NCc2ccco2)cc1. The number of hydrogen-bond donors (Lipinski definition) is 3.